The van der Waals surface area contributed by atoms with Gasteiger partial charge in [-0.15, -0.1) is 0 Å². The van der Waals surface area contributed by atoms with Gasteiger partial charge in [0.15, 0.2) is 0 Å². The van der Waals surface area contributed by atoms with Gasteiger partial charge in [0.25, 0.3) is 0 Å². The van der Waals surface area contributed by atoms with Crippen LogP contribution in [0.1, 0.15) is 57.8 Å². The third kappa shape index (κ3) is 5.64. The van der Waals surface area contributed by atoms with E-state index in [-0.39, 0.29) is 0 Å². The summed E-state index contributed by atoms with van der Waals surface area (Å²) >= 11 is -4.46. The first-order valence-electron chi connectivity index (χ1n) is 12.4. The van der Waals surface area contributed by atoms with Crippen LogP contribution in [0.3, 0.4) is 0 Å². The Hall–Kier alpha value is 0.0374. The molecule has 3 aliphatic rings. The van der Waals surface area contributed by atoms with E-state index in [0.29, 0.717) is 0 Å². The van der Waals surface area contributed by atoms with E-state index in [1.165, 1.54) is 57.8 Å². The zero-order chi connectivity index (χ0) is 19.8. The Kier molecular flexibility index (Phi) is 8.49. The monoisotopic (exact) mass is 604 g/mol. The number of rotatable bonds is 2. The first kappa shape index (κ1) is 22.2. The van der Waals surface area contributed by atoms with Gasteiger partial charge in [-0.05, 0) is 0 Å². The molecular weight excluding hydrogens is 562 g/mol. The zero-order valence-electron chi connectivity index (χ0n) is 18.4. The Balaban J connectivity index is 1.61. The predicted octanol–water partition coefficient (Wildman–Crippen LogP) is 7.24. The summed E-state index contributed by atoms with van der Waals surface area (Å²) < 4.78 is 13.5. The molecule has 0 aliphatic carbocycles. The Labute approximate surface area is 187 Å². The number of hydrogen-bond acceptors (Lipinski definition) is 0. The summed E-state index contributed by atoms with van der Waals surface area (Å²) in [4.78, 5) is 0. The zero-order valence-corrected chi connectivity index (χ0v) is 24.1. The summed E-state index contributed by atoms with van der Waals surface area (Å²) in [6.07, 6.45) is 13.7. The van der Waals surface area contributed by atoms with Crippen LogP contribution in [0.15, 0.2) is 60.7 Å². The second-order valence-corrected chi connectivity index (χ2v) is 36.4. The van der Waals surface area contributed by atoms with E-state index in [1.807, 2.05) is 7.16 Å². The van der Waals surface area contributed by atoms with Crippen molar-refractivity contribution >= 4 is 43.9 Å². The van der Waals surface area contributed by atoms with E-state index in [2.05, 4.69) is 60.7 Å². The molecule has 3 saturated heterocycles. The van der Waals surface area contributed by atoms with Crippen LogP contribution in [0, 0.1) is 0 Å². The molecule has 3 aliphatic heterocycles. The van der Waals surface area contributed by atoms with Gasteiger partial charge in [0.2, 0.25) is 0 Å². The molecule has 3 heterocycles. The van der Waals surface area contributed by atoms with E-state index in [1.54, 1.807) is 26.6 Å². The third-order valence-electron chi connectivity index (χ3n) is 8.20. The van der Waals surface area contributed by atoms with Crippen molar-refractivity contribution in [3.05, 3.63) is 60.7 Å². The van der Waals surface area contributed by atoms with Gasteiger partial charge >= 0.3 is 189 Å². The van der Waals surface area contributed by atoms with E-state index in [0.717, 1.165) is 0 Å². The average molecular weight is 602 g/mol. The van der Waals surface area contributed by atoms with Crippen LogP contribution in [-0.2, 0) is 0 Å². The second kappa shape index (κ2) is 11.1. The minimum absolute atomic E-state index is 1.51. The molecule has 3 fully saturated rings. The molecule has 0 aromatic heterocycles. The molecule has 0 amide bonds. The summed E-state index contributed by atoms with van der Waals surface area (Å²) in [7, 11) is 0. The van der Waals surface area contributed by atoms with E-state index in [9.17, 15) is 0 Å². The predicted molar refractivity (Wildman–Crippen MR) is 134 cm³/mol. The van der Waals surface area contributed by atoms with Crippen LogP contribution in [0.5, 0.6) is 0 Å². The van der Waals surface area contributed by atoms with Gasteiger partial charge in [-0.2, -0.15) is 0 Å². The molecule has 0 radical (unpaired) electrons. The van der Waals surface area contributed by atoms with E-state index < -0.39 is 36.8 Å². The van der Waals surface area contributed by atoms with Crippen molar-refractivity contribution < 1.29 is 0 Å². The van der Waals surface area contributed by atoms with Crippen molar-refractivity contribution in [1.29, 1.82) is 0 Å². The van der Waals surface area contributed by atoms with Gasteiger partial charge in [0.05, 0.1) is 0 Å². The Morgan fingerprint density at radius 3 is 0.897 bits per heavy atom. The fraction of sp³-hybridized carbons (Fsp3) is 0.556. The summed E-state index contributed by atoms with van der Waals surface area (Å²) in [6, 6.07) is 23.9. The molecule has 0 unspecified atom stereocenters. The van der Waals surface area contributed by atoms with Gasteiger partial charge in [-0.3, -0.25) is 0 Å². The topological polar surface area (TPSA) is 0 Å². The van der Waals surface area contributed by atoms with Crippen molar-refractivity contribution in [2.75, 3.05) is 0 Å². The maximum atomic E-state index is 2.53. The van der Waals surface area contributed by atoms with Crippen molar-refractivity contribution in [2.45, 2.75) is 84.4 Å². The Morgan fingerprint density at radius 2 is 0.621 bits per heavy atom. The molecular formula is C27H40Sn2. The van der Waals surface area contributed by atoms with Crippen molar-refractivity contribution in [3.63, 3.8) is 0 Å². The molecule has 0 atom stereocenters. The molecule has 0 N–H and O–H groups in total. The van der Waals surface area contributed by atoms with E-state index in [4.69, 9.17) is 0 Å². The molecule has 0 nitrogen and oxygen atoms in total. The van der Waals surface area contributed by atoms with Gasteiger partial charge < -0.3 is 0 Å². The number of hydrogen-bond donors (Lipinski definition) is 0. The van der Waals surface area contributed by atoms with Crippen molar-refractivity contribution in [1.82, 2.24) is 0 Å². The Morgan fingerprint density at radius 1 is 0.345 bits per heavy atom. The van der Waals surface area contributed by atoms with Gasteiger partial charge in [0.1, 0.15) is 0 Å². The van der Waals surface area contributed by atoms with Gasteiger partial charge in [-0.25, -0.2) is 0 Å². The molecule has 0 saturated carbocycles. The molecule has 2 bridgehead atoms. The summed E-state index contributed by atoms with van der Waals surface area (Å²) in [5.74, 6) is 0. The van der Waals surface area contributed by atoms with Crippen LogP contribution < -0.4 is 7.16 Å². The molecule has 2 aromatic carbocycles. The van der Waals surface area contributed by atoms with Crippen LogP contribution in [0.2, 0.25) is 26.6 Å². The van der Waals surface area contributed by atoms with Crippen LogP contribution in [-0.4, -0.2) is 36.8 Å². The van der Waals surface area contributed by atoms with Gasteiger partial charge in [0, 0.05) is 0 Å². The van der Waals surface area contributed by atoms with Crippen LogP contribution in [0.4, 0.5) is 0 Å². The fourth-order valence-corrected chi connectivity index (χ4v) is 36.7. The van der Waals surface area contributed by atoms with Crippen molar-refractivity contribution in [2.24, 2.45) is 0 Å². The standard InChI is InChI=1S/2C6H5.3C5H10.2Sn/c2*1-2-4-6-5-3-1;3*1-3-5-4-2;;/h2*1-5H;3*1-5H2;;. The summed E-state index contributed by atoms with van der Waals surface area (Å²) in [5.41, 5.74) is 0. The Bertz CT molecular complexity index is 624. The maximum absolute atomic E-state index is 2.53. The van der Waals surface area contributed by atoms with Crippen LogP contribution in [0.25, 0.3) is 0 Å². The normalized spacial score (nSPS) is 29.7. The molecule has 156 valence electrons. The average Bonchev–Trinajstić information content (AvgIpc) is 2.76. The summed E-state index contributed by atoms with van der Waals surface area (Å²) in [6.45, 7) is 0. The van der Waals surface area contributed by atoms with Crippen LogP contribution >= 0.6 is 0 Å². The molecule has 2 heteroatoms. The van der Waals surface area contributed by atoms with Gasteiger partial charge in [-0.1, -0.05) is 0 Å². The minimum atomic E-state index is -2.23. The summed E-state index contributed by atoms with van der Waals surface area (Å²) in [5, 5.41) is 0. The van der Waals surface area contributed by atoms with E-state index >= 15 is 0 Å². The molecule has 0 spiro atoms. The SMILES string of the molecule is c1cc[c]([Sn]23[CH2]CCC[CH2][Sn]([c]4ccccc4)([CH2]CCC[CH2]2)[CH2]CCC[CH2]3)cc1. The second-order valence-electron chi connectivity index (χ2n) is 9.97. The van der Waals surface area contributed by atoms with Crippen molar-refractivity contribution in [3.8, 4) is 0 Å². The quantitative estimate of drug-likeness (QED) is 0.319. The molecule has 5 rings (SSSR count). The first-order chi connectivity index (χ1) is 14.3. The number of benzene rings is 2. The molecule has 2 aromatic rings. The number of fused-ring (bicyclic) bond motifs is 12. The molecule has 29 heavy (non-hydrogen) atoms. The third-order valence-corrected chi connectivity index (χ3v) is 39.5. The first-order valence-corrected chi connectivity index (χ1v) is 27.4. The fourth-order valence-electron chi connectivity index (χ4n) is 6.51.